The number of aromatic nitrogens is 5. The Bertz CT molecular complexity index is 1290. The molecule has 0 saturated carbocycles. The molecule has 0 aliphatic carbocycles. The molecule has 0 spiro atoms. The highest BCUT2D eigenvalue weighted by atomic mass is 32.2. The lowest BCUT2D eigenvalue weighted by Gasteiger charge is -2.31. The summed E-state index contributed by atoms with van der Waals surface area (Å²) in [6, 6.07) is 7.26. The van der Waals surface area contributed by atoms with E-state index in [0.29, 0.717) is 48.2 Å². The summed E-state index contributed by atoms with van der Waals surface area (Å²) in [7, 11) is -3.53. The lowest BCUT2D eigenvalue weighted by atomic mass is 9.96. The number of para-hydroxylation sites is 1. The fourth-order valence-electron chi connectivity index (χ4n) is 3.86. The Kier molecular flexibility index (Phi) is 5.20. The van der Waals surface area contributed by atoms with Gasteiger partial charge in [-0.3, -0.25) is 4.98 Å². The van der Waals surface area contributed by atoms with Crippen molar-refractivity contribution in [1.29, 1.82) is 0 Å². The van der Waals surface area contributed by atoms with Gasteiger partial charge in [-0.1, -0.05) is 22.4 Å². The number of nitrogens with zero attached hydrogens (tertiary/aromatic N) is 6. The molecule has 0 N–H and O–H groups in total. The summed E-state index contributed by atoms with van der Waals surface area (Å²) in [5.74, 6) is 0.745. The van der Waals surface area contributed by atoms with Crippen molar-refractivity contribution in [2.45, 2.75) is 25.0 Å². The predicted molar refractivity (Wildman–Crippen MR) is 110 cm³/mol. The van der Waals surface area contributed by atoms with Gasteiger partial charge < -0.3 is 9.05 Å². The summed E-state index contributed by atoms with van der Waals surface area (Å²) in [6.07, 6.45) is 6.87. The van der Waals surface area contributed by atoms with Gasteiger partial charge in [-0.2, -0.15) is 4.98 Å². The summed E-state index contributed by atoms with van der Waals surface area (Å²) in [6.45, 7) is 0.893. The molecular formula is C20H20N6O4S. The molecular weight excluding hydrogens is 420 g/mol. The summed E-state index contributed by atoms with van der Waals surface area (Å²) >= 11 is 0. The Morgan fingerprint density at radius 2 is 2.03 bits per heavy atom. The Morgan fingerprint density at radius 3 is 2.90 bits per heavy atom. The van der Waals surface area contributed by atoms with Crippen LogP contribution in [0, 0.1) is 5.92 Å². The first-order valence-electron chi connectivity index (χ1n) is 9.98. The van der Waals surface area contributed by atoms with Gasteiger partial charge in [0.25, 0.3) is 0 Å². The molecule has 160 valence electrons. The number of sulfonamides is 1. The third-order valence-electron chi connectivity index (χ3n) is 5.37. The topological polar surface area (TPSA) is 128 Å². The minimum atomic E-state index is -3.53. The average Bonchev–Trinajstić information content (AvgIpc) is 3.42. The normalized spacial score (nSPS) is 17.9. The van der Waals surface area contributed by atoms with Crippen LogP contribution in [0.4, 0.5) is 0 Å². The summed E-state index contributed by atoms with van der Waals surface area (Å²) in [5.41, 5.74) is 1.55. The maximum absolute atomic E-state index is 13.1. The lowest BCUT2D eigenvalue weighted by molar-refractivity contribution is 0.246. The molecule has 31 heavy (non-hydrogen) atoms. The summed E-state index contributed by atoms with van der Waals surface area (Å²) in [4.78, 5) is 12.6. The molecule has 1 fully saturated rings. The number of rotatable bonds is 6. The minimum Gasteiger partial charge on any atom is -0.356 e. The van der Waals surface area contributed by atoms with Crippen molar-refractivity contribution in [2.75, 3.05) is 13.1 Å². The van der Waals surface area contributed by atoms with Gasteiger partial charge >= 0.3 is 0 Å². The molecule has 0 radical (unpaired) electrons. The second-order valence-corrected chi connectivity index (χ2v) is 9.52. The van der Waals surface area contributed by atoms with Gasteiger partial charge in [0.05, 0.1) is 6.20 Å². The van der Waals surface area contributed by atoms with E-state index in [1.807, 2.05) is 18.2 Å². The van der Waals surface area contributed by atoms with Crippen molar-refractivity contribution in [3.8, 4) is 11.5 Å². The maximum atomic E-state index is 13.1. The van der Waals surface area contributed by atoms with Crippen LogP contribution in [-0.2, 0) is 22.2 Å². The van der Waals surface area contributed by atoms with Crippen LogP contribution < -0.4 is 0 Å². The second kappa shape index (κ2) is 8.16. The van der Waals surface area contributed by atoms with Crippen molar-refractivity contribution in [1.82, 2.24) is 29.6 Å². The van der Waals surface area contributed by atoms with Crippen molar-refractivity contribution >= 4 is 21.0 Å². The van der Waals surface area contributed by atoms with E-state index in [9.17, 15) is 8.42 Å². The molecule has 11 heteroatoms. The zero-order valence-corrected chi connectivity index (χ0v) is 17.4. The first-order chi connectivity index (χ1) is 15.1. The van der Waals surface area contributed by atoms with Gasteiger partial charge in [-0.15, -0.1) is 0 Å². The maximum Gasteiger partial charge on any atom is 0.227 e. The van der Waals surface area contributed by atoms with Crippen molar-refractivity contribution in [3.63, 3.8) is 0 Å². The smallest absolute Gasteiger partial charge is 0.227 e. The van der Waals surface area contributed by atoms with Crippen LogP contribution in [0.2, 0.25) is 0 Å². The van der Waals surface area contributed by atoms with Crippen LogP contribution in [0.5, 0.6) is 0 Å². The van der Waals surface area contributed by atoms with Crippen molar-refractivity contribution < 1.29 is 17.5 Å². The summed E-state index contributed by atoms with van der Waals surface area (Å²) < 4.78 is 38.3. The number of hydrogen-bond donors (Lipinski definition) is 0. The van der Waals surface area contributed by atoms with Crippen LogP contribution in [0.25, 0.3) is 22.5 Å². The molecule has 10 nitrogen and oxygen atoms in total. The largest absolute Gasteiger partial charge is 0.356 e. The Morgan fingerprint density at radius 1 is 1.13 bits per heavy atom. The zero-order chi connectivity index (χ0) is 21.3. The number of hydrogen-bond acceptors (Lipinski definition) is 9. The quantitative estimate of drug-likeness (QED) is 0.444. The standard InChI is InChI=1S/C20H20N6O4S/c27-31(28,13-17-15-5-1-2-6-18(15)29-24-17)26-9-3-4-14(12-26)10-19-23-20(25-30-19)16-11-21-7-8-22-16/h1-2,5-8,11,14H,3-4,9-10,12-13H2/t14-/m1/s1. The Labute approximate surface area is 178 Å². The van der Waals surface area contributed by atoms with Gasteiger partial charge in [0, 0.05) is 37.3 Å². The molecule has 0 amide bonds. The second-order valence-electron chi connectivity index (χ2n) is 7.55. The van der Waals surface area contributed by atoms with Crippen LogP contribution in [0.15, 0.2) is 51.9 Å². The highest BCUT2D eigenvalue weighted by Gasteiger charge is 2.31. The fourth-order valence-corrected chi connectivity index (χ4v) is 5.44. The van der Waals surface area contributed by atoms with Gasteiger partial charge in [-0.05, 0) is 30.9 Å². The monoisotopic (exact) mass is 440 g/mol. The molecule has 5 rings (SSSR count). The van der Waals surface area contributed by atoms with Gasteiger partial charge in [0.2, 0.25) is 21.7 Å². The molecule has 1 atom stereocenters. The molecule has 4 heterocycles. The van der Waals surface area contributed by atoms with E-state index in [1.54, 1.807) is 24.7 Å². The first kappa shape index (κ1) is 19.8. The number of fused-ring (bicyclic) bond motifs is 1. The molecule has 1 aliphatic heterocycles. The fraction of sp³-hybridized carbons (Fsp3) is 0.350. The molecule has 0 bridgehead atoms. The van der Waals surface area contributed by atoms with E-state index in [0.717, 1.165) is 18.2 Å². The zero-order valence-electron chi connectivity index (χ0n) is 16.6. The molecule has 3 aromatic heterocycles. The van der Waals surface area contributed by atoms with Gasteiger partial charge in [0.15, 0.2) is 5.58 Å². The summed E-state index contributed by atoms with van der Waals surface area (Å²) in [5, 5.41) is 8.65. The van der Waals surface area contributed by atoms with Gasteiger partial charge in [-0.25, -0.2) is 17.7 Å². The first-order valence-corrected chi connectivity index (χ1v) is 11.6. The number of piperidine rings is 1. The van der Waals surface area contributed by atoms with E-state index in [1.165, 1.54) is 4.31 Å². The molecule has 0 unspecified atom stereocenters. The van der Waals surface area contributed by atoms with E-state index in [4.69, 9.17) is 9.05 Å². The van der Waals surface area contributed by atoms with E-state index in [2.05, 4.69) is 25.3 Å². The van der Waals surface area contributed by atoms with Crippen molar-refractivity contribution in [2.24, 2.45) is 5.92 Å². The Hall–Kier alpha value is -3.18. The van der Waals surface area contributed by atoms with E-state index >= 15 is 0 Å². The lowest BCUT2D eigenvalue weighted by Crippen LogP contribution is -2.41. The number of benzene rings is 1. The highest BCUT2D eigenvalue weighted by Crippen LogP contribution is 2.26. The van der Waals surface area contributed by atoms with Crippen LogP contribution in [0.3, 0.4) is 0 Å². The third kappa shape index (κ3) is 4.19. The predicted octanol–water partition coefficient (Wildman–Crippen LogP) is 2.45. The van der Waals surface area contributed by atoms with Crippen molar-refractivity contribution in [3.05, 3.63) is 54.4 Å². The molecule has 1 saturated heterocycles. The molecule has 1 aromatic carbocycles. The Balaban J connectivity index is 1.27. The molecule has 4 aromatic rings. The van der Waals surface area contributed by atoms with E-state index in [-0.39, 0.29) is 11.7 Å². The minimum absolute atomic E-state index is 0.0905. The molecule has 1 aliphatic rings. The SMILES string of the molecule is O=S(=O)(Cc1noc2ccccc12)N1CCC[C@H](Cc2nc(-c3cnccn3)no2)C1. The van der Waals surface area contributed by atoms with Gasteiger partial charge in [0.1, 0.15) is 17.1 Å². The third-order valence-corrected chi connectivity index (χ3v) is 7.13. The highest BCUT2D eigenvalue weighted by molar-refractivity contribution is 7.88. The van der Waals surface area contributed by atoms with E-state index < -0.39 is 10.0 Å². The van der Waals surface area contributed by atoms with Crippen LogP contribution in [-0.4, -0.2) is 51.1 Å². The van der Waals surface area contributed by atoms with Crippen LogP contribution >= 0.6 is 0 Å². The van der Waals surface area contributed by atoms with Crippen LogP contribution in [0.1, 0.15) is 24.4 Å². The average molecular weight is 440 g/mol.